The quantitative estimate of drug-likeness (QED) is 0.840. The molecule has 0 radical (unpaired) electrons. The van der Waals surface area contributed by atoms with Gasteiger partial charge in [-0.2, -0.15) is 0 Å². The highest BCUT2D eigenvalue weighted by Gasteiger charge is 2.21. The van der Waals surface area contributed by atoms with Crippen LogP contribution >= 0.6 is 12.4 Å². The molecule has 0 bridgehead atoms. The molecule has 1 amide bonds. The molecule has 0 unspecified atom stereocenters. The zero-order valence-corrected chi connectivity index (χ0v) is 9.93. The van der Waals surface area contributed by atoms with Crippen molar-refractivity contribution in [2.24, 2.45) is 0 Å². The third-order valence-corrected chi connectivity index (χ3v) is 2.69. The molecule has 1 aliphatic rings. The lowest BCUT2D eigenvalue weighted by Crippen LogP contribution is -2.39. The third kappa shape index (κ3) is 3.51. The molecule has 88 valence electrons. The lowest BCUT2D eigenvalue weighted by atomic mass is 10.2. The van der Waals surface area contributed by atoms with Crippen molar-refractivity contribution in [1.29, 1.82) is 0 Å². The number of amides is 1. The molecule has 2 N–H and O–H groups in total. The maximum Gasteiger partial charge on any atom is 0.237 e. The summed E-state index contributed by atoms with van der Waals surface area (Å²) >= 11 is 0. The van der Waals surface area contributed by atoms with Gasteiger partial charge in [-0.15, -0.1) is 12.4 Å². The molecule has 1 aliphatic heterocycles. The van der Waals surface area contributed by atoms with E-state index in [1.54, 1.807) is 0 Å². The van der Waals surface area contributed by atoms with Crippen molar-refractivity contribution in [3.05, 3.63) is 35.9 Å². The zero-order chi connectivity index (χ0) is 10.5. The molecule has 1 fully saturated rings. The van der Waals surface area contributed by atoms with Gasteiger partial charge in [0.05, 0.1) is 6.04 Å². The first-order valence-corrected chi connectivity index (χ1v) is 5.41. The van der Waals surface area contributed by atoms with Gasteiger partial charge in [0.2, 0.25) is 5.91 Å². The van der Waals surface area contributed by atoms with Crippen molar-refractivity contribution < 1.29 is 4.79 Å². The average molecular weight is 241 g/mol. The van der Waals surface area contributed by atoms with E-state index in [4.69, 9.17) is 0 Å². The van der Waals surface area contributed by atoms with Crippen LogP contribution in [0.4, 0.5) is 0 Å². The first-order valence-electron chi connectivity index (χ1n) is 5.41. The van der Waals surface area contributed by atoms with Gasteiger partial charge in [0.25, 0.3) is 0 Å². The van der Waals surface area contributed by atoms with Crippen LogP contribution in [0, 0.1) is 0 Å². The lowest BCUT2D eigenvalue weighted by molar-refractivity contribution is -0.122. The van der Waals surface area contributed by atoms with E-state index in [1.807, 2.05) is 30.3 Å². The van der Waals surface area contributed by atoms with Crippen LogP contribution in [-0.4, -0.2) is 18.5 Å². The number of benzene rings is 1. The summed E-state index contributed by atoms with van der Waals surface area (Å²) in [6.07, 6.45) is 2.06. The molecule has 1 aromatic rings. The highest BCUT2D eigenvalue weighted by atomic mass is 35.5. The minimum absolute atomic E-state index is 0. The molecule has 1 aromatic carbocycles. The van der Waals surface area contributed by atoms with Crippen molar-refractivity contribution in [3.63, 3.8) is 0 Å². The Morgan fingerprint density at radius 2 is 2.12 bits per heavy atom. The number of nitrogens with one attached hydrogen (secondary N) is 2. The van der Waals surface area contributed by atoms with Crippen LogP contribution in [0.2, 0.25) is 0 Å². The second-order valence-corrected chi connectivity index (χ2v) is 3.85. The molecule has 4 heteroatoms. The summed E-state index contributed by atoms with van der Waals surface area (Å²) in [5.74, 6) is 0.122. The summed E-state index contributed by atoms with van der Waals surface area (Å²) in [6.45, 7) is 1.58. The highest BCUT2D eigenvalue weighted by Crippen LogP contribution is 2.05. The van der Waals surface area contributed by atoms with Gasteiger partial charge in [-0.3, -0.25) is 4.79 Å². The maximum absolute atomic E-state index is 11.6. The number of rotatable bonds is 3. The van der Waals surface area contributed by atoms with Crippen molar-refractivity contribution in [3.8, 4) is 0 Å². The minimum atomic E-state index is 0. The van der Waals surface area contributed by atoms with E-state index in [1.165, 1.54) is 0 Å². The Labute approximate surface area is 102 Å². The molecule has 1 heterocycles. The third-order valence-electron chi connectivity index (χ3n) is 2.69. The monoisotopic (exact) mass is 240 g/mol. The van der Waals surface area contributed by atoms with Gasteiger partial charge in [-0.1, -0.05) is 30.3 Å². The van der Waals surface area contributed by atoms with Crippen LogP contribution in [-0.2, 0) is 11.3 Å². The van der Waals surface area contributed by atoms with Crippen molar-refractivity contribution >= 4 is 18.3 Å². The van der Waals surface area contributed by atoms with E-state index >= 15 is 0 Å². The van der Waals surface area contributed by atoms with Crippen LogP contribution in [0.1, 0.15) is 18.4 Å². The molecule has 3 nitrogen and oxygen atoms in total. The van der Waals surface area contributed by atoms with Crippen molar-refractivity contribution in [1.82, 2.24) is 10.6 Å². The first kappa shape index (κ1) is 13.0. The Balaban J connectivity index is 0.00000128. The molecule has 0 aromatic heterocycles. The molecular formula is C12H17ClN2O. The van der Waals surface area contributed by atoms with E-state index in [0.717, 1.165) is 24.9 Å². The molecule has 0 aliphatic carbocycles. The van der Waals surface area contributed by atoms with E-state index in [-0.39, 0.29) is 24.4 Å². The summed E-state index contributed by atoms with van der Waals surface area (Å²) in [6, 6.07) is 9.99. The number of carbonyl (C=O) groups is 1. The molecule has 1 saturated heterocycles. The van der Waals surface area contributed by atoms with Crippen LogP contribution < -0.4 is 10.6 Å². The van der Waals surface area contributed by atoms with E-state index < -0.39 is 0 Å². The Kier molecular flexibility index (Phi) is 5.29. The Morgan fingerprint density at radius 3 is 2.75 bits per heavy atom. The minimum Gasteiger partial charge on any atom is -0.351 e. The van der Waals surface area contributed by atoms with Crippen molar-refractivity contribution in [2.75, 3.05) is 6.54 Å². The van der Waals surface area contributed by atoms with Crippen LogP contribution in [0.5, 0.6) is 0 Å². The lowest BCUT2D eigenvalue weighted by Gasteiger charge is -2.10. The molecule has 2 rings (SSSR count). The summed E-state index contributed by atoms with van der Waals surface area (Å²) in [7, 11) is 0. The topological polar surface area (TPSA) is 41.1 Å². The van der Waals surface area contributed by atoms with Gasteiger partial charge in [0, 0.05) is 6.54 Å². The SMILES string of the molecule is Cl.O=C(NCc1ccccc1)[C@@H]1CCCN1. The van der Waals surface area contributed by atoms with Gasteiger partial charge in [0.15, 0.2) is 0 Å². The van der Waals surface area contributed by atoms with Crippen molar-refractivity contribution in [2.45, 2.75) is 25.4 Å². The van der Waals surface area contributed by atoms with Gasteiger partial charge < -0.3 is 10.6 Å². The zero-order valence-electron chi connectivity index (χ0n) is 9.11. The van der Waals surface area contributed by atoms with E-state index in [2.05, 4.69) is 10.6 Å². The number of hydrogen-bond acceptors (Lipinski definition) is 2. The molecule has 0 saturated carbocycles. The standard InChI is InChI=1S/C12H16N2O.ClH/c15-12(11-7-4-8-13-11)14-9-10-5-2-1-3-6-10;/h1-3,5-6,11,13H,4,7-9H2,(H,14,15);1H/t11-;/m0./s1. The number of carbonyl (C=O) groups excluding carboxylic acids is 1. The van der Waals surface area contributed by atoms with Crippen LogP contribution in [0.25, 0.3) is 0 Å². The number of hydrogen-bond donors (Lipinski definition) is 2. The largest absolute Gasteiger partial charge is 0.351 e. The average Bonchev–Trinajstić information content (AvgIpc) is 2.81. The fourth-order valence-electron chi connectivity index (χ4n) is 1.82. The second-order valence-electron chi connectivity index (χ2n) is 3.85. The van der Waals surface area contributed by atoms with Gasteiger partial charge in [0.1, 0.15) is 0 Å². The van der Waals surface area contributed by atoms with E-state index in [0.29, 0.717) is 6.54 Å². The summed E-state index contributed by atoms with van der Waals surface area (Å²) in [4.78, 5) is 11.6. The van der Waals surface area contributed by atoms with Gasteiger partial charge in [-0.05, 0) is 24.9 Å². The van der Waals surface area contributed by atoms with Gasteiger partial charge in [-0.25, -0.2) is 0 Å². The summed E-state index contributed by atoms with van der Waals surface area (Å²) in [5.41, 5.74) is 1.14. The second kappa shape index (κ2) is 6.51. The Morgan fingerprint density at radius 1 is 1.38 bits per heavy atom. The smallest absolute Gasteiger partial charge is 0.237 e. The first-order chi connectivity index (χ1) is 7.36. The predicted molar refractivity (Wildman–Crippen MR) is 66.6 cm³/mol. The summed E-state index contributed by atoms with van der Waals surface area (Å²) < 4.78 is 0. The fourth-order valence-corrected chi connectivity index (χ4v) is 1.82. The van der Waals surface area contributed by atoms with Gasteiger partial charge >= 0.3 is 0 Å². The molecule has 16 heavy (non-hydrogen) atoms. The highest BCUT2D eigenvalue weighted by molar-refractivity contribution is 5.85. The maximum atomic E-state index is 11.6. The number of halogens is 1. The molecule has 0 spiro atoms. The normalized spacial score (nSPS) is 18.9. The predicted octanol–water partition coefficient (Wildman–Crippen LogP) is 1.48. The Bertz CT molecular complexity index is 323. The molecular weight excluding hydrogens is 224 g/mol. The Hall–Kier alpha value is -1.06. The summed E-state index contributed by atoms with van der Waals surface area (Å²) in [5, 5.41) is 6.12. The van der Waals surface area contributed by atoms with Crippen LogP contribution in [0.3, 0.4) is 0 Å². The van der Waals surface area contributed by atoms with E-state index in [9.17, 15) is 4.79 Å². The fraction of sp³-hybridized carbons (Fsp3) is 0.417. The van der Waals surface area contributed by atoms with Crippen LogP contribution in [0.15, 0.2) is 30.3 Å². The molecule has 1 atom stereocenters.